The fraction of sp³-hybridized carbons (Fsp3) is 0.652. The Bertz CT molecular complexity index is 715. The lowest BCUT2D eigenvalue weighted by atomic mass is 9.72. The van der Waals surface area contributed by atoms with Crippen LogP contribution in [0, 0.1) is 5.92 Å². The number of amides is 2. The molecule has 1 saturated heterocycles. The van der Waals surface area contributed by atoms with Crippen molar-refractivity contribution in [1.82, 2.24) is 10.2 Å². The van der Waals surface area contributed by atoms with Gasteiger partial charge in [-0.15, -0.1) is 0 Å². The van der Waals surface area contributed by atoms with Crippen LogP contribution in [0.1, 0.15) is 75.8 Å². The zero-order valence-electron chi connectivity index (χ0n) is 16.7. The number of likely N-dealkylation sites (tertiary alicyclic amines) is 1. The van der Waals surface area contributed by atoms with Gasteiger partial charge in [-0.2, -0.15) is 0 Å². The van der Waals surface area contributed by atoms with Gasteiger partial charge in [0.25, 0.3) is 0 Å². The van der Waals surface area contributed by atoms with Crippen molar-refractivity contribution >= 4 is 11.8 Å². The minimum absolute atomic E-state index is 0.149. The molecule has 4 rings (SSSR count). The fourth-order valence-corrected chi connectivity index (χ4v) is 5.36. The van der Waals surface area contributed by atoms with Crippen molar-refractivity contribution in [2.24, 2.45) is 5.92 Å². The molecule has 0 unspecified atom stereocenters. The highest BCUT2D eigenvalue weighted by Gasteiger charge is 2.46. The average molecular weight is 369 g/mol. The van der Waals surface area contributed by atoms with Gasteiger partial charge in [0.05, 0.1) is 0 Å². The van der Waals surface area contributed by atoms with Crippen molar-refractivity contribution in [1.29, 1.82) is 0 Å². The predicted molar refractivity (Wildman–Crippen MR) is 107 cm³/mol. The van der Waals surface area contributed by atoms with Gasteiger partial charge in [-0.05, 0) is 68.4 Å². The summed E-state index contributed by atoms with van der Waals surface area (Å²) >= 11 is 0. The van der Waals surface area contributed by atoms with E-state index in [1.54, 1.807) is 0 Å². The lowest BCUT2D eigenvalue weighted by Crippen LogP contribution is -2.47. The van der Waals surface area contributed by atoms with Crippen LogP contribution in [0.2, 0.25) is 0 Å². The van der Waals surface area contributed by atoms with Crippen LogP contribution in [0.5, 0.6) is 0 Å². The molecule has 2 amide bonds. The van der Waals surface area contributed by atoms with Crippen molar-refractivity contribution < 1.29 is 9.59 Å². The van der Waals surface area contributed by atoms with E-state index < -0.39 is 0 Å². The zero-order valence-corrected chi connectivity index (χ0v) is 16.7. The fourth-order valence-electron chi connectivity index (χ4n) is 5.36. The van der Waals surface area contributed by atoms with Gasteiger partial charge in [0.1, 0.15) is 0 Å². The smallest absolute Gasteiger partial charge is 0.225 e. The lowest BCUT2D eigenvalue weighted by molar-refractivity contribution is -0.139. The predicted octanol–water partition coefficient (Wildman–Crippen LogP) is 3.75. The summed E-state index contributed by atoms with van der Waals surface area (Å²) in [6, 6.07) is 8.88. The Morgan fingerprint density at radius 1 is 1.19 bits per heavy atom. The Morgan fingerprint density at radius 3 is 2.52 bits per heavy atom. The third-order valence-electron chi connectivity index (χ3n) is 6.98. The minimum Gasteiger partial charge on any atom is -0.354 e. The highest BCUT2D eigenvalue weighted by atomic mass is 16.2. The van der Waals surface area contributed by atoms with Crippen molar-refractivity contribution in [3.8, 4) is 0 Å². The van der Waals surface area contributed by atoms with Crippen LogP contribution >= 0.6 is 0 Å². The molecule has 27 heavy (non-hydrogen) atoms. The summed E-state index contributed by atoms with van der Waals surface area (Å²) < 4.78 is 0. The molecule has 0 radical (unpaired) electrons. The van der Waals surface area contributed by atoms with Gasteiger partial charge in [0.2, 0.25) is 11.8 Å². The maximum absolute atomic E-state index is 12.6. The molecule has 146 valence electrons. The van der Waals surface area contributed by atoms with E-state index in [0.717, 1.165) is 45.2 Å². The average Bonchev–Trinajstić information content (AvgIpc) is 2.87. The number of carbonyl (C=O) groups excluding carboxylic acids is 2. The summed E-state index contributed by atoms with van der Waals surface area (Å²) in [6.45, 7) is 5.76. The molecule has 1 N–H and O–H groups in total. The van der Waals surface area contributed by atoms with Crippen LogP contribution in [0.15, 0.2) is 24.3 Å². The molecule has 1 saturated carbocycles. The first-order chi connectivity index (χ1) is 13.0. The molecule has 4 heteroatoms. The SMILES string of the molecule is CC(C)NC(=O)C[C@H]1CC2(CCN(C(=O)C3CCC3)CC2)c2ccccc21. The molecule has 1 aromatic carbocycles. The van der Waals surface area contributed by atoms with E-state index in [2.05, 4.69) is 34.5 Å². The third kappa shape index (κ3) is 3.51. The monoisotopic (exact) mass is 368 g/mol. The summed E-state index contributed by atoms with van der Waals surface area (Å²) in [6.07, 6.45) is 7.05. The van der Waals surface area contributed by atoms with Gasteiger partial charge in [-0.3, -0.25) is 9.59 Å². The van der Waals surface area contributed by atoms with Crippen LogP contribution in [-0.2, 0) is 15.0 Å². The largest absolute Gasteiger partial charge is 0.354 e. The summed E-state index contributed by atoms with van der Waals surface area (Å²) in [5.41, 5.74) is 2.94. The van der Waals surface area contributed by atoms with Gasteiger partial charge in [0.15, 0.2) is 0 Å². The molecule has 1 spiro atoms. The summed E-state index contributed by atoms with van der Waals surface area (Å²) in [5.74, 6) is 1.13. The Kier molecular flexibility index (Phi) is 5.00. The number of nitrogens with one attached hydrogen (secondary N) is 1. The van der Waals surface area contributed by atoms with Gasteiger partial charge in [-0.1, -0.05) is 30.7 Å². The second-order valence-corrected chi connectivity index (χ2v) is 9.15. The van der Waals surface area contributed by atoms with Crippen LogP contribution in [0.3, 0.4) is 0 Å². The maximum Gasteiger partial charge on any atom is 0.225 e. The first kappa shape index (κ1) is 18.5. The summed E-state index contributed by atoms with van der Waals surface area (Å²) in [7, 11) is 0. The molecular formula is C23H32N2O2. The highest BCUT2D eigenvalue weighted by molar-refractivity contribution is 5.80. The Labute approximate surface area is 162 Å². The Morgan fingerprint density at radius 2 is 1.89 bits per heavy atom. The lowest BCUT2D eigenvalue weighted by Gasteiger charge is -2.42. The number of rotatable bonds is 4. The second-order valence-electron chi connectivity index (χ2n) is 9.15. The van der Waals surface area contributed by atoms with E-state index in [9.17, 15) is 9.59 Å². The van der Waals surface area contributed by atoms with E-state index in [1.165, 1.54) is 17.5 Å². The van der Waals surface area contributed by atoms with E-state index in [4.69, 9.17) is 0 Å². The van der Waals surface area contributed by atoms with Crippen molar-refractivity contribution in [3.63, 3.8) is 0 Å². The van der Waals surface area contributed by atoms with Gasteiger partial charge < -0.3 is 10.2 Å². The molecule has 1 aliphatic heterocycles. The molecule has 0 bridgehead atoms. The number of carbonyl (C=O) groups is 2. The van der Waals surface area contributed by atoms with Crippen molar-refractivity contribution in [2.75, 3.05) is 13.1 Å². The van der Waals surface area contributed by atoms with Crippen molar-refractivity contribution in [2.45, 2.75) is 76.2 Å². The molecule has 0 aromatic heterocycles. The van der Waals surface area contributed by atoms with E-state index >= 15 is 0 Å². The standard InChI is InChI=1S/C23H32N2O2/c1-16(2)24-21(26)14-18-15-23(20-9-4-3-8-19(18)20)10-12-25(13-11-23)22(27)17-6-5-7-17/h3-4,8-9,16-18H,5-7,10-15H2,1-2H3,(H,24,26)/t18-/m0/s1. The second kappa shape index (κ2) is 7.29. The summed E-state index contributed by atoms with van der Waals surface area (Å²) in [4.78, 5) is 27.1. The van der Waals surface area contributed by atoms with Crippen LogP contribution in [0.25, 0.3) is 0 Å². The zero-order chi connectivity index (χ0) is 19.0. The quantitative estimate of drug-likeness (QED) is 0.880. The summed E-state index contributed by atoms with van der Waals surface area (Å²) in [5, 5.41) is 3.05. The maximum atomic E-state index is 12.6. The van der Waals surface area contributed by atoms with Gasteiger partial charge in [0, 0.05) is 31.5 Å². The molecule has 3 aliphatic rings. The molecular weight excluding hydrogens is 336 g/mol. The Hall–Kier alpha value is -1.84. The highest BCUT2D eigenvalue weighted by Crippen LogP contribution is 2.52. The van der Waals surface area contributed by atoms with Crippen LogP contribution in [0.4, 0.5) is 0 Å². The van der Waals surface area contributed by atoms with E-state index in [-0.39, 0.29) is 17.4 Å². The number of benzene rings is 1. The molecule has 1 aromatic rings. The van der Waals surface area contributed by atoms with Crippen molar-refractivity contribution in [3.05, 3.63) is 35.4 Å². The van der Waals surface area contributed by atoms with Crippen LogP contribution < -0.4 is 5.32 Å². The molecule has 2 aliphatic carbocycles. The number of fused-ring (bicyclic) bond motifs is 2. The van der Waals surface area contributed by atoms with Crippen LogP contribution in [-0.4, -0.2) is 35.8 Å². The Balaban J connectivity index is 1.47. The first-order valence-corrected chi connectivity index (χ1v) is 10.7. The molecule has 1 heterocycles. The number of hydrogen-bond donors (Lipinski definition) is 1. The minimum atomic E-state index is 0.149. The molecule has 2 fully saturated rings. The van der Waals surface area contributed by atoms with Gasteiger partial charge in [-0.25, -0.2) is 0 Å². The molecule has 4 nitrogen and oxygen atoms in total. The third-order valence-corrected chi connectivity index (χ3v) is 6.98. The normalized spacial score (nSPS) is 24.0. The topological polar surface area (TPSA) is 49.4 Å². The number of piperidine rings is 1. The number of nitrogens with zero attached hydrogens (tertiary/aromatic N) is 1. The van der Waals surface area contributed by atoms with E-state index in [0.29, 0.717) is 24.2 Å². The molecule has 1 atom stereocenters. The van der Waals surface area contributed by atoms with E-state index in [1.807, 2.05) is 13.8 Å². The first-order valence-electron chi connectivity index (χ1n) is 10.7. The number of hydrogen-bond acceptors (Lipinski definition) is 2. The van der Waals surface area contributed by atoms with Gasteiger partial charge >= 0.3 is 0 Å².